The summed E-state index contributed by atoms with van der Waals surface area (Å²) in [5.41, 5.74) is 1.42. The van der Waals surface area contributed by atoms with Crippen molar-refractivity contribution in [3.63, 3.8) is 0 Å². The molecule has 0 spiro atoms. The van der Waals surface area contributed by atoms with Gasteiger partial charge in [-0.25, -0.2) is 4.79 Å². The molecular weight excluding hydrogens is 449 g/mol. The van der Waals surface area contributed by atoms with Crippen LogP contribution in [-0.4, -0.2) is 32.6 Å². The van der Waals surface area contributed by atoms with E-state index in [4.69, 9.17) is 4.74 Å². The van der Waals surface area contributed by atoms with E-state index in [1.54, 1.807) is 55.5 Å². The number of carbonyl (C=O) groups is 1. The zero-order chi connectivity index (χ0) is 24.3. The number of aryl methyl sites for hydroxylation is 1. The lowest BCUT2D eigenvalue weighted by Gasteiger charge is -2.05. The molecule has 4 aromatic rings. The lowest BCUT2D eigenvalue weighted by Crippen LogP contribution is -2.18. The first kappa shape index (κ1) is 23.1. The van der Waals surface area contributed by atoms with Crippen molar-refractivity contribution in [3.05, 3.63) is 93.4 Å². The number of nitrogens with one attached hydrogen (secondary N) is 2. The summed E-state index contributed by atoms with van der Waals surface area (Å²) in [5.74, 6) is -0.592. The van der Waals surface area contributed by atoms with E-state index in [0.29, 0.717) is 29.7 Å². The van der Waals surface area contributed by atoms with Crippen LogP contribution in [0.3, 0.4) is 0 Å². The standard InChI is InChI=1S/C24H21F3N4O3/c1-2-34-23(33)17-11-8-15(9-12-17)10-13-18-21(16-6-4-3-5-7-16)30-31(22(18)32)20-14-19(28-29-20)24(25,26)27/h3-9,11-12,14,30H,2,10,13H2,1H3,(H,28,29). The number of aromatic amines is 2. The number of hydrogen-bond donors (Lipinski definition) is 2. The molecule has 7 nitrogen and oxygen atoms in total. The third-order valence-electron chi connectivity index (χ3n) is 5.28. The molecular formula is C24H21F3N4O3. The topological polar surface area (TPSA) is 92.8 Å². The third-order valence-corrected chi connectivity index (χ3v) is 5.28. The van der Waals surface area contributed by atoms with Gasteiger partial charge in [0.15, 0.2) is 5.82 Å². The summed E-state index contributed by atoms with van der Waals surface area (Å²) in [7, 11) is 0. The average Bonchev–Trinajstić information content (AvgIpc) is 3.44. The fourth-order valence-electron chi connectivity index (χ4n) is 3.57. The first-order valence-corrected chi connectivity index (χ1v) is 10.6. The van der Waals surface area contributed by atoms with Gasteiger partial charge in [-0.3, -0.25) is 15.0 Å². The minimum absolute atomic E-state index is 0.181. The quantitative estimate of drug-likeness (QED) is 0.388. The van der Waals surface area contributed by atoms with Crippen molar-refractivity contribution in [3.8, 4) is 17.1 Å². The Hall–Kier alpha value is -4.08. The second-order valence-corrected chi connectivity index (χ2v) is 7.53. The second-order valence-electron chi connectivity index (χ2n) is 7.53. The van der Waals surface area contributed by atoms with Gasteiger partial charge in [-0.2, -0.15) is 23.0 Å². The number of halogens is 3. The van der Waals surface area contributed by atoms with Crippen LogP contribution in [0.2, 0.25) is 0 Å². The van der Waals surface area contributed by atoms with Gasteiger partial charge < -0.3 is 4.74 Å². The number of esters is 1. The Morgan fingerprint density at radius 2 is 1.76 bits per heavy atom. The largest absolute Gasteiger partial charge is 0.462 e. The van der Waals surface area contributed by atoms with Crippen LogP contribution in [0, 0.1) is 0 Å². The summed E-state index contributed by atoms with van der Waals surface area (Å²) in [6, 6.07) is 16.7. The van der Waals surface area contributed by atoms with E-state index in [9.17, 15) is 22.8 Å². The zero-order valence-corrected chi connectivity index (χ0v) is 18.1. The summed E-state index contributed by atoms with van der Waals surface area (Å²) in [5, 5.41) is 8.51. The average molecular weight is 470 g/mol. The zero-order valence-electron chi connectivity index (χ0n) is 18.1. The van der Waals surface area contributed by atoms with Crippen molar-refractivity contribution in [1.29, 1.82) is 0 Å². The van der Waals surface area contributed by atoms with Crippen LogP contribution in [-0.2, 0) is 23.8 Å². The SMILES string of the molecule is CCOC(=O)c1ccc(CCc2c(-c3ccccc3)[nH]n(-c3cc(C(F)(F)F)[nH]n3)c2=O)cc1. The first-order chi connectivity index (χ1) is 16.3. The van der Waals surface area contributed by atoms with Gasteiger partial charge in [0, 0.05) is 11.6 Å². The summed E-state index contributed by atoms with van der Waals surface area (Å²) < 4.78 is 45.0. The highest BCUT2D eigenvalue weighted by Gasteiger charge is 2.33. The van der Waals surface area contributed by atoms with Gasteiger partial charge in [0.1, 0.15) is 5.69 Å². The minimum atomic E-state index is -4.61. The molecule has 0 bridgehead atoms. The maximum atomic E-state index is 13.2. The van der Waals surface area contributed by atoms with E-state index in [2.05, 4.69) is 10.2 Å². The molecule has 10 heteroatoms. The van der Waals surface area contributed by atoms with Crippen molar-refractivity contribution >= 4 is 5.97 Å². The number of H-pyrrole nitrogens is 2. The summed E-state index contributed by atoms with van der Waals surface area (Å²) in [6.45, 7) is 2.01. The smallest absolute Gasteiger partial charge is 0.432 e. The number of ether oxygens (including phenoxy) is 1. The van der Waals surface area contributed by atoms with Gasteiger partial charge in [0.2, 0.25) is 0 Å². The van der Waals surface area contributed by atoms with Gasteiger partial charge in [-0.05, 0) is 43.0 Å². The normalized spacial score (nSPS) is 11.5. The monoisotopic (exact) mass is 470 g/mol. The molecule has 34 heavy (non-hydrogen) atoms. The van der Waals surface area contributed by atoms with Gasteiger partial charge in [0.05, 0.1) is 17.9 Å². The van der Waals surface area contributed by atoms with Crippen LogP contribution in [0.1, 0.15) is 34.1 Å². The van der Waals surface area contributed by atoms with Gasteiger partial charge in [0.25, 0.3) is 5.56 Å². The molecule has 0 aliphatic heterocycles. The van der Waals surface area contributed by atoms with Crippen LogP contribution in [0.25, 0.3) is 17.1 Å². The van der Waals surface area contributed by atoms with Crippen LogP contribution in [0.4, 0.5) is 13.2 Å². The van der Waals surface area contributed by atoms with Crippen LogP contribution in [0.5, 0.6) is 0 Å². The Bertz CT molecular complexity index is 1340. The van der Waals surface area contributed by atoms with Crippen LogP contribution >= 0.6 is 0 Å². The minimum Gasteiger partial charge on any atom is -0.462 e. The van der Waals surface area contributed by atoms with E-state index >= 15 is 0 Å². The van der Waals surface area contributed by atoms with E-state index in [1.807, 2.05) is 11.2 Å². The lowest BCUT2D eigenvalue weighted by molar-refractivity contribution is -0.141. The van der Waals surface area contributed by atoms with Crippen molar-refractivity contribution < 1.29 is 22.7 Å². The number of aromatic nitrogens is 4. The molecule has 2 aromatic heterocycles. The molecule has 2 aromatic carbocycles. The number of hydrogen-bond acceptors (Lipinski definition) is 4. The molecule has 0 fully saturated rings. The second kappa shape index (κ2) is 9.42. The highest BCUT2D eigenvalue weighted by molar-refractivity contribution is 5.89. The Labute approximate surface area is 192 Å². The molecule has 0 aliphatic rings. The molecule has 2 N–H and O–H groups in total. The number of rotatable bonds is 7. The first-order valence-electron chi connectivity index (χ1n) is 10.6. The van der Waals surface area contributed by atoms with E-state index < -0.39 is 23.4 Å². The Morgan fingerprint density at radius 3 is 2.38 bits per heavy atom. The maximum Gasteiger partial charge on any atom is 0.432 e. The summed E-state index contributed by atoms with van der Waals surface area (Å²) >= 11 is 0. The highest BCUT2D eigenvalue weighted by Crippen LogP contribution is 2.29. The van der Waals surface area contributed by atoms with E-state index in [1.165, 1.54) is 0 Å². The van der Waals surface area contributed by atoms with Gasteiger partial charge >= 0.3 is 12.1 Å². The molecule has 4 rings (SSSR count). The molecule has 0 unspecified atom stereocenters. The van der Waals surface area contributed by atoms with Gasteiger partial charge in [-0.1, -0.05) is 42.5 Å². The fourth-order valence-corrected chi connectivity index (χ4v) is 3.57. The van der Waals surface area contributed by atoms with Crippen molar-refractivity contribution in [2.75, 3.05) is 6.61 Å². The maximum absolute atomic E-state index is 13.2. The number of nitrogens with zero attached hydrogens (tertiary/aromatic N) is 2. The van der Waals surface area contributed by atoms with Crippen molar-refractivity contribution in [1.82, 2.24) is 20.0 Å². The Morgan fingerprint density at radius 1 is 1.06 bits per heavy atom. The molecule has 0 aliphatic carbocycles. The molecule has 0 atom stereocenters. The van der Waals surface area contributed by atoms with Crippen molar-refractivity contribution in [2.45, 2.75) is 25.9 Å². The number of benzene rings is 2. The molecule has 176 valence electrons. The Balaban J connectivity index is 1.65. The van der Waals surface area contributed by atoms with Gasteiger partial charge in [-0.15, -0.1) is 0 Å². The third kappa shape index (κ3) is 4.80. The number of carbonyl (C=O) groups excluding carboxylic acids is 1. The summed E-state index contributed by atoms with van der Waals surface area (Å²) in [4.78, 5) is 25.0. The molecule has 2 heterocycles. The predicted octanol–water partition coefficient (Wildman–Crippen LogP) is 4.54. The molecule has 0 radical (unpaired) electrons. The Kier molecular flexibility index (Phi) is 6.40. The predicted molar refractivity (Wildman–Crippen MR) is 119 cm³/mol. The van der Waals surface area contributed by atoms with Crippen LogP contribution in [0.15, 0.2) is 65.5 Å². The van der Waals surface area contributed by atoms with Crippen LogP contribution < -0.4 is 5.56 Å². The molecule has 0 amide bonds. The fraction of sp³-hybridized carbons (Fsp3) is 0.208. The van der Waals surface area contributed by atoms with E-state index in [0.717, 1.165) is 21.9 Å². The molecule has 0 saturated carbocycles. The number of alkyl halides is 3. The summed E-state index contributed by atoms with van der Waals surface area (Å²) in [6.07, 6.45) is -3.81. The lowest BCUT2D eigenvalue weighted by atomic mass is 10.0. The van der Waals surface area contributed by atoms with E-state index in [-0.39, 0.29) is 12.4 Å². The van der Waals surface area contributed by atoms with Crippen molar-refractivity contribution in [2.24, 2.45) is 0 Å². The molecule has 0 saturated heterocycles. The highest BCUT2D eigenvalue weighted by atomic mass is 19.4.